The van der Waals surface area contributed by atoms with E-state index in [1.165, 1.54) is 12.1 Å². The largest absolute Gasteiger partial charge is 0.474 e. The SMILES string of the molecule is CS(=O)(=O)OCC#Cc1ccccc1C#CCOc1ccc(C#N)cc1[N+](=O)[O-]. The molecule has 0 radical (unpaired) electrons. The summed E-state index contributed by atoms with van der Waals surface area (Å²) in [6, 6.07) is 12.7. The minimum atomic E-state index is -3.56. The molecule has 29 heavy (non-hydrogen) atoms. The van der Waals surface area contributed by atoms with Crippen molar-refractivity contribution in [1.82, 2.24) is 0 Å². The fraction of sp³-hybridized carbons (Fsp3) is 0.150. The zero-order valence-electron chi connectivity index (χ0n) is 15.2. The van der Waals surface area contributed by atoms with Gasteiger partial charge in [-0.2, -0.15) is 13.7 Å². The fourth-order valence-corrected chi connectivity index (χ4v) is 2.34. The van der Waals surface area contributed by atoms with Crippen LogP contribution in [0.2, 0.25) is 0 Å². The first kappa shape index (κ1) is 21.5. The Kier molecular flexibility index (Phi) is 7.33. The van der Waals surface area contributed by atoms with Crippen LogP contribution in [0.3, 0.4) is 0 Å². The van der Waals surface area contributed by atoms with Crippen LogP contribution in [0.4, 0.5) is 5.69 Å². The van der Waals surface area contributed by atoms with E-state index in [2.05, 4.69) is 27.9 Å². The summed E-state index contributed by atoms with van der Waals surface area (Å²) < 4.78 is 31.7. The van der Waals surface area contributed by atoms with Crippen LogP contribution in [0.5, 0.6) is 5.75 Å². The molecule has 0 unspecified atom stereocenters. The predicted molar refractivity (Wildman–Crippen MR) is 104 cm³/mol. The van der Waals surface area contributed by atoms with Gasteiger partial charge < -0.3 is 4.74 Å². The highest BCUT2D eigenvalue weighted by molar-refractivity contribution is 7.86. The summed E-state index contributed by atoms with van der Waals surface area (Å²) in [6.45, 7) is -0.391. The predicted octanol–water partition coefficient (Wildman–Crippen LogP) is 2.22. The topological polar surface area (TPSA) is 120 Å². The molecule has 0 bridgehead atoms. The molecule has 0 aliphatic carbocycles. The van der Waals surface area contributed by atoms with Crippen molar-refractivity contribution in [2.75, 3.05) is 19.5 Å². The maximum atomic E-state index is 11.1. The molecule has 9 heteroatoms. The van der Waals surface area contributed by atoms with Crippen LogP contribution >= 0.6 is 0 Å². The Hall–Kier alpha value is -3.84. The summed E-state index contributed by atoms with van der Waals surface area (Å²) in [5.41, 5.74) is 0.990. The van der Waals surface area contributed by atoms with Crippen molar-refractivity contribution in [2.45, 2.75) is 0 Å². The second-order valence-electron chi connectivity index (χ2n) is 5.46. The second-order valence-corrected chi connectivity index (χ2v) is 7.10. The number of ether oxygens (including phenoxy) is 1. The van der Waals surface area contributed by atoms with Crippen LogP contribution < -0.4 is 4.74 Å². The molecule has 0 heterocycles. The van der Waals surface area contributed by atoms with E-state index in [4.69, 9.17) is 10.00 Å². The molecular formula is C20H14N2O6S. The van der Waals surface area contributed by atoms with Gasteiger partial charge in [0.05, 0.1) is 22.8 Å². The highest BCUT2D eigenvalue weighted by Gasteiger charge is 2.15. The average Bonchev–Trinajstić information content (AvgIpc) is 2.68. The lowest BCUT2D eigenvalue weighted by Crippen LogP contribution is -2.02. The van der Waals surface area contributed by atoms with Gasteiger partial charge >= 0.3 is 5.69 Å². The smallest absolute Gasteiger partial charge is 0.312 e. The van der Waals surface area contributed by atoms with Gasteiger partial charge in [0.2, 0.25) is 0 Å². The standard InChI is InChI=1S/C20H14N2O6S/c1-29(25,26)28-13-5-9-18-7-3-2-6-17(18)8-4-12-27-20-11-10-16(15-21)14-19(20)22(23)24/h2-3,6-7,10-11,14H,12-13H2,1H3. The van der Waals surface area contributed by atoms with E-state index >= 15 is 0 Å². The average molecular weight is 410 g/mol. The van der Waals surface area contributed by atoms with Crippen molar-refractivity contribution < 1.29 is 22.3 Å². The normalized spacial score (nSPS) is 9.93. The monoisotopic (exact) mass is 410 g/mol. The third kappa shape index (κ3) is 7.00. The van der Waals surface area contributed by atoms with Gasteiger partial charge in [-0.25, -0.2) is 0 Å². The van der Waals surface area contributed by atoms with Gasteiger partial charge in [-0.15, -0.1) is 0 Å². The molecule has 2 rings (SSSR count). The lowest BCUT2D eigenvalue weighted by atomic mass is 10.1. The zero-order chi connectivity index (χ0) is 21.3. The summed E-state index contributed by atoms with van der Waals surface area (Å²) in [6.07, 6.45) is 0.937. The summed E-state index contributed by atoms with van der Waals surface area (Å²) in [5, 5.41) is 19.9. The lowest BCUT2D eigenvalue weighted by Gasteiger charge is -2.03. The highest BCUT2D eigenvalue weighted by Crippen LogP contribution is 2.27. The Morgan fingerprint density at radius 2 is 1.69 bits per heavy atom. The Bertz CT molecular complexity index is 1190. The second kappa shape index (κ2) is 9.91. The number of nitrogens with zero attached hydrogens (tertiary/aromatic N) is 2. The molecule has 8 nitrogen and oxygen atoms in total. The Morgan fingerprint density at radius 1 is 1.07 bits per heavy atom. The maximum Gasteiger partial charge on any atom is 0.312 e. The maximum absolute atomic E-state index is 11.1. The van der Waals surface area contributed by atoms with Crippen LogP contribution in [-0.4, -0.2) is 32.8 Å². The van der Waals surface area contributed by atoms with Gasteiger partial charge in [0, 0.05) is 17.2 Å². The molecule has 0 fully saturated rings. The summed E-state index contributed by atoms with van der Waals surface area (Å²) >= 11 is 0. The third-order valence-corrected chi connectivity index (χ3v) is 3.85. The van der Waals surface area contributed by atoms with Gasteiger partial charge in [0.15, 0.2) is 5.75 Å². The number of nitro groups is 1. The van der Waals surface area contributed by atoms with E-state index in [1.54, 1.807) is 24.3 Å². The van der Waals surface area contributed by atoms with Crippen molar-refractivity contribution in [3.05, 3.63) is 69.3 Å². The molecule has 2 aromatic rings. The van der Waals surface area contributed by atoms with E-state index in [1.807, 2.05) is 6.07 Å². The third-order valence-electron chi connectivity index (χ3n) is 3.30. The van der Waals surface area contributed by atoms with Crippen molar-refractivity contribution in [3.63, 3.8) is 0 Å². The van der Waals surface area contributed by atoms with Crippen molar-refractivity contribution in [3.8, 4) is 35.5 Å². The molecule has 0 spiro atoms. The van der Waals surface area contributed by atoms with Gasteiger partial charge in [-0.1, -0.05) is 35.8 Å². The lowest BCUT2D eigenvalue weighted by molar-refractivity contribution is -0.385. The van der Waals surface area contributed by atoms with Crippen LogP contribution in [0.15, 0.2) is 42.5 Å². The minimum Gasteiger partial charge on any atom is -0.474 e. The minimum absolute atomic E-state index is 0.00861. The Labute approximate surface area is 168 Å². The van der Waals surface area contributed by atoms with Crippen LogP contribution in [0.25, 0.3) is 0 Å². The molecule has 146 valence electrons. The van der Waals surface area contributed by atoms with Crippen LogP contribution in [-0.2, 0) is 14.3 Å². The van der Waals surface area contributed by atoms with Crippen LogP contribution in [0.1, 0.15) is 16.7 Å². The van der Waals surface area contributed by atoms with Gasteiger partial charge in [0.1, 0.15) is 13.2 Å². The Balaban J connectivity index is 2.10. The fourth-order valence-electron chi connectivity index (χ4n) is 2.07. The van der Waals surface area contributed by atoms with Crippen LogP contribution in [0, 0.1) is 45.1 Å². The molecule has 0 saturated carbocycles. The number of hydrogen-bond acceptors (Lipinski definition) is 7. The van der Waals surface area contributed by atoms with Crippen molar-refractivity contribution in [1.29, 1.82) is 5.26 Å². The quantitative estimate of drug-likeness (QED) is 0.321. The summed E-state index contributed by atoms with van der Waals surface area (Å²) in [7, 11) is -3.56. The summed E-state index contributed by atoms with van der Waals surface area (Å²) in [4.78, 5) is 10.5. The molecular weight excluding hydrogens is 396 g/mol. The van der Waals surface area contributed by atoms with E-state index in [-0.39, 0.29) is 30.2 Å². The molecule has 0 aliphatic rings. The first-order valence-corrected chi connectivity index (χ1v) is 9.84. The Morgan fingerprint density at radius 3 is 2.24 bits per heavy atom. The molecule has 0 amide bonds. The van der Waals surface area contributed by atoms with E-state index < -0.39 is 15.0 Å². The first-order valence-electron chi connectivity index (χ1n) is 8.02. The molecule has 0 aromatic heterocycles. The van der Waals surface area contributed by atoms with Crippen molar-refractivity contribution in [2.24, 2.45) is 0 Å². The molecule has 0 atom stereocenters. The zero-order valence-corrected chi connectivity index (χ0v) is 16.0. The van der Waals surface area contributed by atoms with Gasteiger partial charge in [-0.3, -0.25) is 14.3 Å². The first-order chi connectivity index (χ1) is 13.8. The van der Waals surface area contributed by atoms with Gasteiger partial charge in [0.25, 0.3) is 10.1 Å². The molecule has 0 aliphatic heterocycles. The van der Waals surface area contributed by atoms with Gasteiger partial charge in [-0.05, 0) is 24.3 Å². The molecule has 2 aromatic carbocycles. The number of nitriles is 1. The van der Waals surface area contributed by atoms with Crippen molar-refractivity contribution >= 4 is 15.8 Å². The molecule has 0 saturated heterocycles. The van der Waals surface area contributed by atoms with E-state index in [9.17, 15) is 18.5 Å². The summed E-state index contributed by atoms with van der Waals surface area (Å²) in [5.74, 6) is 11.0. The number of hydrogen-bond donors (Lipinski definition) is 0. The van der Waals surface area contributed by atoms with E-state index in [0.717, 1.165) is 12.3 Å². The number of benzene rings is 2. The number of nitro benzene ring substituents is 1. The molecule has 0 N–H and O–H groups in total. The number of rotatable bonds is 5. The van der Waals surface area contributed by atoms with E-state index in [0.29, 0.717) is 11.1 Å². The highest BCUT2D eigenvalue weighted by atomic mass is 32.2.